The van der Waals surface area contributed by atoms with E-state index in [9.17, 15) is 4.79 Å². The van der Waals surface area contributed by atoms with Crippen LogP contribution in [0.2, 0.25) is 0 Å². The minimum atomic E-state index is -0.0474. The number of ether oxygens (including phenoxy) is 1. The summed E-state index contributed by atoms with van der Waals surface area (Å²) in [6.07, 6.45) is 7.78. The van der Waals surface area contributed by atoms with Crippen LogP contribution in [0.3, 0.4) is 0 Å². The summed E-state index contributed by atoms with van der Waals surface area (Å²) in [5.41, 5.74) is 5.28. The molecule has 1 aliphatic rings. The van der Waals surface area contributed by atoms with E-state index >= 15 is 0 Å². The predicted octanol–water partition coefficient (Wildman–Crippen LogP) is 0.733. The Morgan fingerprint density at radius 2 is 2.11 bits per heavy atom. The topological polar surface area (TPSA) is 67.6 Å². The van der Waals surface area contributed by atoms with E-state index in [0.29, 0.717) is 13.2 Å². The van der Waals surface area contributed by atoms with Crippen LogP contribution >= 0.6 is 0 Å². The molecule has 112 valence electrons. The Balaban J connectivity index is 1.98. The van der Waals surface area contributed by atoms with Crippen LogP contribution in [0.1, 0.15) is 38.5 Å². The quantitative estimate of drug-likeness (QED) is 0.607. The van der Waals surface area contributed by atoms with Gasteiger partial charge in [-0.1, -0.05) is 19.3 Å². The van der Waals surface area contributed by atoms with Crippen molar-refractivity contribution in [3.8, 4) is 0 Å². The summed E-state index contributed by atoms with van der Waals surface area (Å²) in [6.45, 7) is 2.80. The maximum Gasteiger partial charge on any atom is 0.245 e. The van der Waals surface area contributed by atoms with Gasteiger partial charge in [-0.3, -0.25) is 4.79 Å². The Morgan fingerprint density at radius 3 is 2.79 bits per heavy atom. The SMILES string of the molecule is CN(CCCNC(=O)COCCN)C1CCCCC1. The molecule has 0 aromatic heterocycles. The second kappa shape index (κ2) is 10.2. The van der Waals surface area contributed by atoms with E-state index in [2.05, 4.69) is 17.3 Å². The minimum Gasteiger partial charge on any atom is -0.370 e. The fraction of sp³-hybridized carbons (Fsp3) is 0.929. The molecule has 0 saturated heterocycles. The lowest BCUT2D eigenvalue weighted by atomic mass is 9.94. The maximum atomic E-state index is 11.4. The lowest BCUT2D eigenvalue weighted by molar-refractivity contribution is -0.125. The summed E-state index contributed by atoms with van der Waals surface area (Å²) in [5, 5.41) is 2.87. The number of nitrogens with zero attached hydrogens (tertiary/aromatic N) is 1. The molecular formula is C14H29N3O2. The molecule has 1 rings (SSSR count). The molecule has 1 fully saturated rings. The molecule has 3 N–H and O–H groups in total. The molecule has 1 aliphatic carbocycles. The van der Waals surface area contributed by atoms with Crippen molar-refractivity contribution in [2.75, 3.05) is 39.9 Å². The first kappa shape index (κ1) is 16.4. The van der Waals surface area contributed by atoms with Gasteiger partial charge in [0.05, 0.1) is 6.61 Å². The molecule has 5 heteroatoms. The molecule has 0 spiro atoms. The zero-order valence-electron chi connectivity index (χ0n) is 12.2. The van der Waals surface area contributed by atoms with Crippen LogP contribution in [0.25, 0.3) is 0 Å². The lowest BCUT2D eigenvalue weighted by Gasteiger charge is -2.31. The third-order valence-electron chi connectivity index (χ3n) is 3.70. The first-order valence-corrected chi connectivity index (χ1v) is 7.48. The summed E-state index contributed by atoms with van der Waals surface area (Å²) in [6, 6.07) is 0.748. The van der Waals surface area contributed by atoms with Gasteiger partial charge in [-0.2, -0.15) is 0 Å². The van der Waals surface area contributed by atoms with E-state index in [1.165, 1.54) is 32.1 Å². The highest BCUT2D eigenvalue weighted by Gasteiger charge is 2.17. The Hall–Kier alpha value is -0.650. The van der Waals surface area contributed by atoms with Crippen molar-refractivity contribution < 1.29 is 9.53 Å². The monoisotopic (exact) mass is 271 g/mol. The predicted molar refractivity (Wildman–Crippen MR) is 77.0 cm³/mol. The number of hydrogen-bond acceptors (Lipinski definition) is 4. The first-order chi connectivity index (χ1) is 9.24. The van der Waals surface area contributed by atoms with Crippen molar-refractivity contribution in [2.24, 2.45) is 5.73 Å². The highest BCUT2D eigenvalue weighted by molar-refractivity contribution is 5.77. The van der Waals surface area contributed by atoms with Crippen molar-refractivity contribution in [1.29, 1.82) is 0 Å². The zero-order chi connectivity index (χ0) is 13.9. The van der Waals surface area contributed by atoms with E-state index in [4.69, 9.17) is 10.5 Å². The molecular weight excluding hydrogens is 242 g/mol. The Bertz CT molecular complexity index is 243. The van der Waals surface area contributed by atoms with Crippen LogP contribution in [-0.2, 0) is 9.53 Å². The van der Waals surface area contributed by atoms with Crippen LogP contribution in [0.4, 0.5) is 0 Å². The van der Waals surface area contributed by atoms with Gasteiger partial charge < -0.3 is 20.7 Å². The molecule has 0 atom stereocenters. The second-order valence-electron chi connectivity index (χ2n) is 5.32. The van der Waals surface area contributed by atoms with Crippen LogP contribution in [0.5, 0.6) is 0 Å². The number of hydrogen-bond donors (Lipinski definition) is 2. The molecule has 1 saturated carbocycles. The van der Waals surface area contributed by atoms with Crippen molar-refractivity contribution in [3.05, 3.63) is 0 Å². The van der Waals surface area contributed by atoms with Crippen LogP contribution in [-0.4, -0.2) is 56.7 Å². The summed E-state index contributed by atoms with van der Waals surface area (Å²) < 4.78 is 5.07. The third-order valence-corrected chi connectivity index (χ3v) is 3.70. The van der Waals surface area contributed by atoms with Crippen molar-refractivity contribution in [3.63, 3.8) is 0 Å². The van der Waals surface area contributed by atoms with Gasteiger partial charge in [0.2, 0.25) is 5.91 Å². The molecule has 0 unspecified atom stereocenters. The normalized spacial score (nSPS) is 16.8. The van der Waals surface area contributed by atoms with Crippen LogP contribution in [0.15, 0.2) is 0 Å². The van der Waals surface area contributed by atoms with Crippen molar-refractivity contribution >= 4 is 5.91 Å². The van der Waals surface area contributed by atoms with E-state index in [0.717, 1.165) is 25.6 Å². The van der Waals surface area contributed by atoms with Gasteiger partial charge in [0.15, 0.2) is 0 Å². The molecule has 0 aromatic rings. The van der Waals surface area contributed by atoms with E-state index in [-0.39, 0.29) is 12.5 Å². The molecule has 0 aliphatic heterocycles. The smallest absolute Gasteiger partial charge is 0.245 e. The number of carbonyl (C=O) groups is 1. The van der Waals surface area contributed by atoms with Gasteiger partial charge in [-0.05, 0) is 32.9 Å². The molecule has 1 amide bonds. The summed E-state index contributed by atoms with van der Waals surface area (Å²) in [5.74, 6) is -0.0474. The molecule has 5 nitrogen and oxygen atoms in total. The fourth-order valence-corrected chi connectivity index (χ4v) is 2.56. The largest absolute Gasteiger partial charge is 0.370 e. The number of rotatable bonds is 9. The van der Waals surface area contributed by atoms with Gasteiger partial charge >= 0.3 is 0 Å². The molecule has 0 bridgehead atoms. The third kappa shape index (κ3) is 7.50. The minimum absolute atomic E-state index is 0.0474. The van der Waals surface area contributed by atoms with E-state index < -0.39 is 0 Å². The van der Waals surface area contributed by atoms with Crippen molar-refractivity contribution in [2.45, 2.75) is 44.6 Å². The number of nitrogens with one attached hydrogen (secondary N) is 1. The van der Waals surface area contributed by atoms with Gasteiger partial charge in [0, 0.05) is 19.1 Å². The van der Waals surface area contributed by atoms with E-state index in [1.807, 2.05) is 0 Å². The maximum absolute atomic E-state index is 11.4. The Labute approximate surface area is 116 Å². The van der Waals surface area contributed by atoms with Crippen LogP contribution < -0.4 is 11.1 Å². The lowest BCUT2D eigenvalue weighted by Crippen LogP contribution is -2.36. The summed E-state index contributed by atoms with van der Waals surface area (Å²) in [7, 11) is 2.20. The number of nitrogens with two attached hydrogens (primary N) is 1. The highest BCUT2D eigenvalue weighted by atomic mass is 16.5. The molecule has 0 aromatic carbocycles. The highest BCUT2D eigenvalue weighted by Crippen LogP contribution is 2.21. The van der Waals surface area contributed by atoms with Gasteiger partial charge in [-0.25, -0.2) is 0 Å². The summed E-state index contributed by atoms with van der Waals surface area (Å²) >= 11 is 0. The standard InChI is InChI=1S/C14H29N3O2/c1-17(13-6-3-2-4-7-13)10-5-9-16-14(18)12-19-11-8-15/h13H,2-12,15H2,1H3,(H,16,18). The van der Waals surface area contributed by atoms with Gasteiger partial charge in [0.1, 0.15) is 6.61 Å². The average molecular weight is 271 g/mol. The average Bonchev–Trinajstić information content (AvgIpc) is 2.44. The van der Waals surface area contributed by atoms with E-state index in [1.54, 1.807) is 0 Å². The van der Waals surface area contributed by atoms with Gasteiger partial charge in [-0.15, -0.1) is 0 Å². The number of amides is 1. The fourth-order valence-electron chi connectivity index (χ4n) is 2.56. The summed E-state index contributed by atoms with van der Waals surface area (Å²) in [4.78, 5) is 13.8. The Morgan fingerprint density at radius 1 is 1.37 bits per heavy atom. The zero-order valence-corrected chi connectivity index (χ0v) is 12.2. The van der Waals surface area contributed by atoms with Gasteiger partial charge in [0.25, 0.3) is 0 Å². The van der Waals surface area contributed by atoms with Crippen molar-refractivity contribution in [1.82, 2.24) is 10.2 Å². The molecule has 19 heavy (non-hydrogen) atoms. The molecule has 0 radical (unpaired) electrons. The Kier molecular flexibility index (Phi) is 8.79. The van der Waals surface area contributed by atoms with Crippen LogP contribution in [0, 0.1) is 0 Å². The first-order valence-electron chi connectivity index (χ1n) is 7.48. The number of carbonyl (C=O) groups excluding carboxylic acids is 1. The second-order valence-corrected chi connectivity index (χ2v) is 5.32. The molecule has 0 heterocycles.